The molecular formula is C14H16N2O3S. The SMILES string of the molecule is CC(C)CC(=O)Nc1nc2cc3c(cc2s1)OCCO3. The lowest BCUT2D eigenvalue weighted by Crippen LogP contribution is -2.15. The maximum Gasteiger partial charge on any atom is 0.226 e. The van der Waals surface area contributed by atoms with E-state index < -0.39 is 0 Å². The van der Waals surface area contributed by atoms with Crippen molar-refractivity contribution in [1.82, 2.24) is 4.98 Å². The Kier molecular flexibility index (Phi) is 3.48. The number of thiazole rings is 1. The number of hydrogen-bond acceptors (Lipinski definition) is 5. The van der Waals surface area contributed by atoms with Gasteiger partial charge in [0, 0.05) is 18.6 Å². The van der Waals surface area contributed by atoms with E-state index in [1.165, 1.54) is 11.3 Å². The first-order valence-electron chi connectivity index (χ1n) is 6.62. The molecule has 106 valence electrons. The summed E-state index contributed by atoms with van der Waals surface area (Å²) in [5, 5.41) is 3.46. The van der Waals surface area contributed by atoms with Gasteiger partial charge in [-0.3, -0.25) is 4.79 Å². The van der Waals surface area contributed by atoms with Gasteiger partial charge in [0.15, 0.2) is 16.6 Å². The van der Waals surface area contributed by atoms with E-state index in [2.05, 4.69) is 10.3 Å². The molecule has 20 heavy (non-hydrogen) atoms. The molecule has 0 radical (unpaired) electrons. The maximum absolute atomic E-state index is 11.8. The normalized spacial score (nSPS) is 13.8. The van der Waals surface area contributed by atoms with Crippen LogP contribution in [-0.2, 0) is 4.79 Å². The highest BCUT2D eigenvalue weighted by Gasteiger charge is 2.16. The minimum Gasteiger partial charge on any atom is -0.486 e. The second-order valence-electron chi connectivity index (χ2n) is 5.13. The van der Waals surface area contributed by atoms with Gasteiger partial charge < -0.3 is 14.8 Å². The molecule has 1 aliphatic heterocycles. The van der Waals surface area contributed by atoms with Crippen molar-refractivity contribution in [3.8, 4) is 11.5 Å². The summed E-state index contributed by atoms with van der Waals surface area (Å²) in [7, 11) is 0. The number of hydrogen-bond donors (Lipinski definition) is 1. The third kappa shape index (κ3) is 2.70. The zero-order valence-corrected chi connectivity index (χ0v) is 12.3. The van der Waals surface area contributed by atoms with E-state index in [1.54, 1.807) is 0 Å². The summed E-state index contributed by atoms with van der Waals surface area (Å²) >= 11 is 1.45. The van der Waals surface area contributed by atoms with Crippen LogP contribution < -0.4 is 14.8 Å². The molecule has 0 spiro atoms. The van der Waals surface area contributed by atoms with Gasteiger partial charge in [0.2, 0.25) is 5.91 Å². The standard InChI is InChI=1S/C14H16N2O3S/c1-8(2)5-13(17)16-14-15-9-6-10-11(7-12(9)20-14)19-4-3-18-10/h6-8H,3-5H2,1-2H3,(H,15,16,17). The minimum absolute atomic E-state index is 0.00341. The van der Waals surface area contributed by atoms with Crippen molar-refractivity contribution >= 4 is 32.6 Å². The zero-order valence-electron chi connectivity index (χ0n) is 11.4. The van der Waals surface area contributed by atoms with E-state index in [0.717, 1.165) is 16.0 Å². The molecule has 1 aliphatic rings. The molecular weight excluding hydrogens is 276 g/mol. The molecule has 6 heteroatoms. The first kappa shape index (κ1) is 13.2. The number of amides is 1. The van der Waals surface area contributed by atoms with Gasteiger partial charge in [-0.1, -0.05) is 25.2 Å². The average Bonchev–Trinajstić information content (AvgIpc) is 2.75. The summed E-state index contributed by atoms with van der Waals surface area (Å²) in [6, 6.07) is 3.78. The van der Waals surface area contributed by atoms with Crippen molar-refractivity contribution in [2.45, 2.75) is 20.3 Å². The summed E-state index contributed by atoms with van der Waals surface area (Å²) in [6.45, 7) is 5.15. The molecule has 1 aromatic heterocycles. The molecule has 0 unspecified atom stereocenters. The zero-order chi connectivity index (χ0) is 14.1. The first-order valence-corrected chi connectivity index (χ1v) is 7.43. The molecule has 1 aromatic carbocycles. The molecule has 0 atom stereocenters. The highest BCUT2D eigenvalue weighted by molar-refractivity contribution is 7.22. The predicted molar refractivity (Wildman–Crippen MR) is 78.7 cm³/mol. The number of nitrogens with one attached hydrogen (secondary N) is 1. The lowest BCUT2D eigenvalue weighted by molar-refractivity contribution is -0.116. The summed E-state index contributed by atoms with van der Waals surface area (Å²) in [6.07, 6.45) is 0.499. The molecule has 5 nitrogen and oxygen atoms in total. The number of fused-ring (bicyclic) bond motifs is 2. The minimum atomic E-state index is -0.00341. The van der Waals surface area contributed by atoms with Gasteiger partial charge in [-0.2, -0.15) is 0 Å². The Morgan fingerprint density at radius 1 is 1.35 bits per heavy atom. The maximum atomic E-state index is 11.8. The summed E-state index contributed by atoms with van der Waals surface area (Å²) in [5.41, 5.74) is 0.819. The Hall–Kier alpha value is -1.82. The van der Waals surface area contributed by atoms with Gasteiger partial charge in [0.05, 0.1) is 10.2 Å². The number of carbonyl (C=O) groups is 1. The number of aromatic nitrogens is 1. The lowest BCUT2D eigenvalue weighted by atomic mass is 10.1. The predicted octanol–water partition coefficient (Wildman–Crippen LogP) is 3.05. The Morgan fingerprint density at radius 2 is 2.05 bits per heavy atom. The molecule has 0 bridgehead atoms. The first-order chi connectivity index (χ1) is 9.61. The summed E-state index contributed by atoms with van der Waals surface area (Å²) in [5.74, 6) is 1.79. The van der Waals surface area contributed by atoms with Gasteiger partial charge >= 0.3 is 0 Å². The van der Waals surface area contributed by atoms with E-state index in [0.29, 0.717) is 36.4 Å². The largest absolute Gasteiger partial charge is 0.486 e. The van der Waals surface area contributed by atoms with Crippen molar-refractivity contribution < 1.29 is 14.3 Å². The van der Waals surface area contributed by atoms with Crippen molar-refractivity contribution in [2.24, 2.45) is 5.92 Å². The van der Waals surface area contributed by atoms with Crippen LogP contribution in [-0.4, -0.2) is 24.1 Å². The Labute approximate surface area is 120 Å². The van der Waals surface area contributed by atoms with Gasteiger partial charge in [0.25, 0.3) is 0 Å². The van der Waals surface area contributed by atoms with E-state index in [-0.39, 0.29) is 5.91 Å². The summed E-state index contributed by atoms with van der Waals surface area (Å²) < 4.78 is 12.0. The molecule has 0 fully saturated rings. The number of nitrogens with zero attached hydrogens (tertiary/aromatic N) is 1. The van der Waals surface area contributed by atoms with E-state index >= 15 is 0 Å². The molecule has 0 saturated carbocycles. The van der Waals surface area contributed by atoms with E-state index in [4.69, 9.17) is 9.47 Å². The molecule has 0 aliphatic carbocycles. The third-order valence-corrected chi connectivity index (χ3v) is 3.83. The molecule has 3 rings (SSSR count). The van der Waals surface area contributed by atoms with Gasteiger partial charge in [-0.25, -0.2) is 4.98 Å². The number of rotatable bonds is 3. The van der Waals surface area contributed by atoms with Crippen molar-refractivity contribution in [3.63, 3.8) is 0 Å². The number of ether oxygens (including phenoxy) is 2. The quantitative estimate of drug-likeness (QED) is 0.944. The van der Waals surface area contributed by atoms with Crippen LogP contribution in [0.5, 0.6) is 11.5 Å². The molecule has 1 amide bonds. The highest BCUT2D eigenvalue weighted by atomic mass is 32.1. The van der Waals surface area contributed by atoms with E-state index in [9.17, 15) is 4.79 Å². The Bertz CT molecular complexity index is 608. The number of anilines is 1. The van der Waals surface area contributed by atoms with Gasteiger partial charge in [0.1, 0.15) is 13.2 Å². The fourth-order valence-electron chi connectivity index (χ4n) is 2.06. The van der Waals surface area contributed by atoms with Crippen LogP contribution in [0.15, 0.2) is 12.1 Å². The van der Waals surface area contributed by atoms with Crippen LogP contribution in [0, 0.1) is 5.92 Å². The highest BCUT2D eigenvalue weighted by Crippen LogP contribution is 2.37. The second-order valence-corrected chi connectivity index (χ2v) is 6.16. The van der Waals surface area contributed by atoms with Crippen LogP contribution in [0.25, 0.3) is 10.2 Å². The van der Waals surface area contributed by atoms with Crippen LogP contribution >= 0.6 is 11.3 Å². The van der Waals surface area contributed by atoms with Crippen LogP contribution in [0.1, 0.15) is 20.3 Å². The topological polar surface area (TPSA) is 60.5 Å². The van der Waals surface area contributed by atoms with Gasteiger partial charge in [-0.15, -0.1) is 0 Å². The average molecular weight is 292 g/mol. The molecule has 2 aromatic rings. The monoisotopic (exact) mass is 292 g/mol. The van der Waals surface area contributed by atoms with Gasteiger partial charge in [-0.05, 0) is 5.92 Å². The number of benzene rings is 1. The fourth-order valence-corrected chi connectivity index (χ4v) is 2.95. The molecule has 0 saturated heterocycles. The van der Waals surface area contributed by atoms with Crippen LogP contribution in [0.3, 0.4) is 0 Å². The number of carbonyl (C=O) groups excluding carboxylic acids is 1. The van der Waals surface area contributed by atoms with E-state index in [1.807, 2.05) is 26.0 Å². The van der Waals surface area contributed by atoms with Crippen LogP contribution in [0.2, 0.25) is 0 Å². The van der Waals surface area contributed by atoms with Crippen LogP contribution in [0.4, 0.5) is 5.13 Å². The van der Waals surface area contributed by atoms with Crippen molar-refractivity contribution in [3.05, 3.63) is 12.1 Å². The smallest absolute Gasteiger partial charge is 0.226 e. The molecule has 2 heterocycles. The Balaban J connectivity index is 1.85. The lowest BCUT2D eigenvalue weighted by Gasteiger charge is -2.17. The van der Waals surface area contributed by atoms with Crippen molar-refractivity contribution in [2.75, 3.05) is 18.5 Å². The Morgan fingerprint density at radius 3 is 2.75 bits per heavy atom. The van der Waals surface area contributed by atoms with Crippen molar-refractivity contribution in [1.29, 1.82) is 0 Å². The molecule has 1 N–H and O–H groups in total. The third-order valence-electron chi connectivity index (χ3n) is 2.89. The summed E-state index contributed by atoms with van der Waals surface area (Å²) in [4.78, 5) is 16.2. The second kappa shape index (κ2) is 5.28. The fraction of sp³-hybridized carbons (Fsp3) is 0.429.